The van der Waals surface area contributed by atoms with Gasteiger partial charge in [0.2, 0.25) is 15.9 Å². The van der Waals surface area contributed by atoms with Crippen molar-refractivity contribution in [3.8, 4) is 0 Å². The summed E-state index contributed by atoms with van der Waals surface area (Å²) in [7, 11) is -1.40. The summed E-state index contributed by atoms with van der Waals surface area (Å²) < 4.78 is 26.8. The second kappa shape index (κ2) is 7.87. The molecule has 6 heteroatoms. The molecule has 0 bridgehead atoms. The van der Waals surface area contributed by atoms with Crippen LogP contribution in [0.3, 0.4) is 0 Å². The first-order chi connectivity index (χ1) is 12.0. The SMILES string of the molecule is CN(C(=O)C1CCN(S(=O)(=O)Cc2ccccc2)CC1)C1CCCC1. The highest BCUT2D eigenvalue weighted by atomic mass is 32.2. The Morgan fingerprint density at radius 1 is 1.08 bits per heavy atom. The average molecular weight is 365 g/mol. The van der Waals surface area contributed by atoms with Crippen molar-refractivity contribution in [1.29, 1.82) is 0 Å². The zero-order chi connectivity index (χ0) is 17.9. The molecule has 0 N–H and O–H groups in total. The molecule has 1 aliphatic heterocycles. The van der Waals surface area contributed by atoms with Gasteiger partial charge in [0, 0.05) is 32.1 Å². The van der Waals surface area contributed by atoms with Crippen LogP contribution in [0.4, 0.5) is 0 Å². The lowest BCUT2D eigenvalue weighted by atomic mass is 9.96. The number of carbonyl (C=O) groups is 1. The van der Waals surface area contributed by atoms with Gasteiger partial charge in [0.25, 0.3) is 0 Å². The Balaban J connectivity index is 1.55. The molecule has 1 aliphatic carbocycles. The molecule has 1 saturated carbocycles. The fourth-order valence-corrected chi connectivity index (χ4v) is 5.58. The van der Waals surface area contributed by atoms with Crippen molar-refractivity contribution in [2.24, 2.45) is 5.92 Å². The van der Waals surface area contributed by atoms with Crippen molar-refractivity contribution < 1.29 is 13.2 Å². The standard InChI is InChI=1S/C19H28N2O3S/c1-20(18-9-5-6-10-18)19(22)17-11-13-21(14-12-17)25(23,24)15-16-7-3-2-4-8-16/h2-4,7-8,17-18H,5-6,9-15H2,1H3. The first-order valence-electron chi connectivity index (χ1n) is 9.26. The van der Waals surface area contributed by atoms with Crippen molar-refractivity contribution in [1.82, 2.24) is 9.21 Å². The minimum absolute atomic E-state index is 0.0335. The van der Waals surface area contributed by atoms with Crippen molar-refractivity contribution >= 4 is 15.9 Å². The third-order valence-electron chi connectivity index (χ3n) is 5.61. The summed E-state index contributed by atoms with van der Waals surface area (Å²) in [5.41, 5.74) is 0.807. The maximum Gasteiger partial charge on any atom is 0.225 e. The predicted molar refractivity (Wildman–Crippen MR) is 98.4 cm³/mol. The van der Waals surface area contributed by atoms with Gasteiger partial charge in [-0.2, -0.15) is 0 Å². The van der Waals surface area contributed by atoms with E-state index in [9.17, 15) is 13.2 Å². The van der Waals surface area contributed by atoms with Gasteiger partial charge in [-0.15, -0.1) is 0 Å². The van der Waals surface area contributed by atoms with Gasteiger partial charge in [0.05, 0.1) is 5.75 Å². The zero-order valence-electron chi connectivity index (χ0n) is 14.9. The van der Waals surface area contributed by atoms with E-state index < -0.39 is 10.0 Å². The summed E-state index contributed by atoms with van der Waals surface area (Å²) in [5, 5.41) is 0. The number of nitrogens with zero attached hydrogens (tertiary/aromatic N) is 2. The quantitative estimate of drug-likeness (QED) is 0.807. The monoisotopic (exact) mass is 364 g/mol. The summed E-state index contributed by atoms with van der Waals surface area (Å²) in [5.74, 6) is 0.204. The molecule has 1 amide bonds. The highest BCUT2D eigenvalue weighted by Crippen LogP contribution is 2.27. The minimum atomic E-state index is -3.31. The molecule has 2 aliphatic rings. The zero-order valence-corrected chi connectivity index (χ0v) is 15.7. The van der Waals surface area contributed by atoms with Crippen LogP contribution in [0.2, 0.25) is 0 Å². The van der Waals surface area contributed by atoms with Crippen molar-refractivity contribution in [2.45, 2.75) is 50.3 Å². The number of benzene rings is 1. The van der Waals surface area contributed by atoms with E-state index in [1.807, 2.05) is 42.3 Å². The molecule has 1 aromatic carbocycles. The van der Waals surface area contributed by atoms with Gasteiger partial charge in [-0.25, -0.2) is 12.7 Å². The molecule has 1 aromatic rings. The van der Waals surface area contributed by atoms with Crippen LogP contribution in [-0.2, 0) is 20.6 Å². The van der Waals surface area contributed by atoms with Crippen LogP contribution in [0.5, 0.6) is 0 Å². The first-order valence-corrected chi connectivity index (χ1v) is 10.9. The van der Waals surface area contributed by atoms with Gasteiger partial charge in [-0.05, 0) is 31.2 Å². The molecule has 25 heavy (non-hydrogen) atoms. The fraction of sp³-hybridized carbons (Fsp3) is 0.632. The topological polar surface area (TPSA) is 57.7 Å². The van der Waals surface area contributed by atoms with E-state index in [4.69, 9.17) is 0 Å². The second-order valence-corrected chi connectivity index (χ2v) is 9.27. The number of sulfonamides is 1. The number of hydrogen-bond donors (Lipinski definition) is 0. The number of rotatable bonds is 5. The maximum absolute atomic E-state index is 12.7. The van der Waals surface area contributed by atoms with E-state index in [1.54, 1.807) is 4.31 Å². The van der Waals surface area contributed by atoms with Gasteiger partial charge in [-0.1, -0.05) is 43.2 Å². The smallest absolute Gasteiger partial charge is 0.225 e. The Bertz CT molecular complexity index is 676. The van der Waals surface area contributed by atoms with Crippen LogP contribution < -0.4 is 0 Å². The molecule has 0 spiro atoms. The van der Waals surface area contributed by atoms with E-state index >= 15 is 0 Å². The Labute approximate surface area is 151 Å². The highest BCUT2D eigenvalue weighted by molar-refractivity contribution is 7.88. The summed E-state index contributed by atoms with van der Waals surface area (Å²) in [6, 6.07) is 9.65. The normalized spacial score (nSPS) is 20.7. The van der Waals surface area contributed by atoms with Crippen molar-refractivity contribution in [3.05, 3.63) is 35.9 Å². The number of carbonyl (C=O) groups excluding carboxylic acids is 1. The van der Waals surface area contributed by atoms with Gasteiger partial charge < -0.3 is 4.90 Å². The molecule has 3 rings (SSSR count). The summed E-state index contributed by atoms with van der Waals surface area (Å²) >= 11 is 0. The van der Waals surface area contributed by atoms with E-state index in [1.165, 1.54) is 12.8 Å². The first kappa shape index (κ1) is 18.4. The van der Waals surface area contributed by atoms with Crippen LogP contribution in [0.1, 0.15) is 44.1 Å². The van der Waals surface area contributed by atoms with E-state index in [0.29, 0.717) is 32.0 Å². The van der Waals surface area contributed by atoms with Crippen molar-refractivity contribution in [2.75, 3.05) is 20.1 Å². The summed E-state index contributed by atoms with van der Waals surface area (Å²) in [6.45, 7) is 0.897. The fourth-order valence-electron chi connectivity index (χ4n) is 4.02. The van der Waals surface area contributed by atoms with Crippen LogP contribution >= 0.6 is 0 Å². The second-order valence-electron chi connectivity index (χ2n) is 7.30. The largest absolute Gasteiger partial charge is 0.343 e. The number of hydrogen-bond acceptors (Lipinski definition) is 3. The van der Waals surface area contributed by atoms with Gasteiger partial charge in [0.1, 0.15) is 0 Å². The molecule has 2 fully saturated rings. The Kier molecular flexibility index (Phi) is 5.79. The van der Waals surface area contributed by atoms with E-state index in [0.717, 1.165) is 18.4 Å². The average Bonchev–Trinajstić information content (AvgIpc) is 3.16. The molecule has 5 nitrogen and oxygen atoms in total. The third-order valence-corrected chi connectivity index (χ3v) is 7.46. The summed E-state index contributed by atoms with van der Waals surface area (Å²) in [4.78, 5) is 14.6. The lowest BCUT2D eigenvalue weighted by Crippen LogP contribution is -2.45. The lowest BCUT2D eigenvalue weighted by Gasteiger charge is -2.34. The van der Waals surface area contributed by atoms with Crippen molar-refractivity contribution in [3.63, 3.8) is 0 Å². The molecule has 0 atom stereocenters. The maximum atomic E-state index is 12.7. The van der Waals surface area contributed by atoms with Gasteiger partial charge >= 0.3 is 0 Å². The number of amides is 1. The van der Waals surface area contributed by atoms with E-state index in [-0.39, 0.29) is 17.6 Å². The minimum Gasteiger partial charge on any atom is -0.343 e. The molecular weight excluding hydrogens is 336 g/mol. The van der Waals surface area contributed by atoms with Crippen LogP contribution in [0.15, 0.2) is 30.3 Å². The highest BCUT2D eigenvalue weighted by Gasteiger charge is 2.34. The molecular formula is C19H28N2O3S. The molecule has 1 saturated heterocycles. The lowest BCUT2D eigenvalue weighted by molar-refractivity contribution is -0.137. The van der Waals surface area contributed by atoms with Crippen LogP contribution in [0.25, 0.3) is 0 Å². The van der Waals surface area contributed by atoms with Crippen LogP contribution in [0, 0.1) is 5.92 Å². The molecule has 1 heterocycles. The van der Waals surface area contributed by atoms with Gasteiger partial charge in [0.15, 0.2) is 0 Å². The van der Waals surface area contributed by atoms with E-state index in [2.05, 4.69) is 0 Å². The third kappa shape index (κ3) is 4.42. The molecule has 0 aromatic heterocycles. The molecule has 0 radical (unpaired) electrons. The number of piperidine rings is 1. The van der Waals surface area contributed by atoms with Gasteiger partial charge in [-0.3, -0.25) is 4.79 Å². The molecule has 138 valence electrons. The Morgan fingerprint density at radius 3 is 2.28 bits per heavy atom. The Morgan fingerprint density at radius 2 is 1.68 bits per heavy atom. The molecule has 0 unspecified atom stereocenters. The predicted octanol–water partition coefficient (Wildman–Crippen LogP) is 2.63. The Hall–Kier alpha value is -1.40. The summed E-state index contributed by atoms with van der Waals surface area (Å²) in [6.07, 6.45) is 5.88. The van der Waals surface area contributed by atoms with Crippen LogP contribution in [-0.4, -0.2) is 49.7 Å².